The molecule has 1 aromatic carbocycles. The van der Waals surface area contributed by atoms with Crippen LogP contribution in [-0.2, 0) is 0 Å². The molecule has 2 unspecified atom stereocenters. The van der Waals surface area contributed by atoms with Gasteiger partial charge in [-0.25, -0.2) is 9.67 Å². The molecule has 1 saturated heterocycles. The molecule has 1 aliphatic heterocycles. The number of rotatable bonds is 2. The summed E-state index contributed by atoms with van der Waals surface area (Å²) in [5.74, 6) is 0.663. The Morgan fingerprint density at radius 2 is 2.13 bits per heavy atom. The maximum absolute atomic E-state index is 12.6. The quantitative estimate of drug-likeness (QED) is 0.912. The topological polar surface area (TPSA) is 71.2 Å². The monoisotopic (exact) mass is 334 g/mol. The number of benzene rings is 1. The summed E-state index contributed by atoms with van der Waals surface area (Å²) in [4.78, 5) is 18.5. The summed E-state index contributed by atoms with van der Waals surface area (Å²) in [7, 11) is 0. The van der Waals surface area contributed by atoms with Crippen molar-refractivity contribution in [3.05, 3.63) is 40.9 Å². The number of aliphatic hydroxyl groups is 1. The van der Waals surface area contributed by atoms with Gasteiger partial charge in [-0.3, -0.25) is 4.79 Å². The Labute approximate surface area is 139 Å². The molecular weight excluding hydrogens is 316 g/mol. The standard InChI is InChI=1S/C16H19ClN4O2/c1-10-7-8-20(9-14(10)22)16(23)15-18-11(2)21(19-15)13-6-4-3-5-12(13)17/h3-6,10,14,22H,7-9H2,1-2H3. The minimum absolute atomic E-state index is 0.129. The Bertz CT molecular complexity index is 731. The molecule has 1 fully saturated rings. The van der Waals surface area contributed by atoms with Gasteiger partial charge in [0.15, 0.2) is 0 Å². The maximum Gasteiger partial charge on any atom is 0.293 e. The largest absolute Gasteiger partial charge is 0.391 e. The molecule has 1 aromatic heterocycles. The zero-order valence-electron chi connectivity index (χ0n) is 13.1. The molecule has 1 N–H and O–H groups in total. The summed E-state index contributed by atoms with van der Waals surface area (Å²) in [6.07, 6.45) is 0.274. The molecule has 1 aliphatic rings. The first-order chi connectivity index (χ1) is 11.0. The van der Waals surface area contributed by atoms with Gasteiger partial charge in [0, 0.05) is 13.1 Å². The van der Waals surface area contributed by atoms with Crippen LogP contribution >= 0.6 is 11.6 Å². The smallest absolute Gasteiger partial charge is 0.293 e. The molecule has 6 nitrogen and oxygen atoms in total. The summed E-state index contributed by atoms with van der Waals surface area (Å²) in [5, 5.41) is 14.8. The molecule has 122 valence electrons. The van der Waals surface area contributed by atoms with Crippen molar-refractivity contribution >= 4 is 17.5 Å². The van der Waals surface area contributed by atoms with Crippen molar-refractivity contribution in [2.24, 2.45) is 5.92 Å². The molecule has 3 rings (SSSR count). The summed E-state index contributed by atoms with van der Waals surface area (Å²) >= 11 is 6.19. The van der Waals surface area contributed by atoms with Gasteiger partial charge in [0.05, 0.1) is 16.8 Å². The number of aromatic nitrogens is 3. The highest BCUT2D eigenvalue weighted by molar-refractivity contribution is 6.32. The number of hydrogen-bond acceptors (Lipinski definition) is 4. The van der Waals surface area contributed by atoms with Gasteiger partial charge in [-0.2, -0.15) is 0 Å². The van der Waals surface area contributed by atoms with Crippen molar-refractivity contribution < 1.29 is 9.90 Å². The molecule has 0 radical (unpaired) electrons. The van der Waals surface area contributed by atoms with Crippen molar-refractivity contribution in [1.82, 2.24) is 19.7 Å². The highest BCUT2D eigenvalue weighted by Gasteiger charge is 2.30. The van der Waals surface area contributed by atoms with Crippen molar-refractivity contribution in [3.63, 3.8) is 0 Å². The lowest BCUT2D eigenvalue weighted by molar-refractivity contribution is 0.0241. The number of para-hydroxylation sites is 1. The molecular formula is C16H19ClN4O2. The highest BCUT2D eigenvalue weighted by atomic mass is 35.5. The minimum atomic E-state index is -0.501. The first-order valence-corrected chi connectivity index (χ1v) is 8.01. The van der Waals surface area contributed by atoms with Crippen LogP contribution in [0.4, 0.5) is 0 Å². The highest BCUT2D eigenvalue weighted by Crippen LogP contribution is 2.21. The number of carbonyl (C=O) groups excluding carboxylic acids is 1. The third-order valence-corrected chi connectivity index (χ3v) is 4.57. The molecule has 7 heteroatoms. The van der Waals surface area contributed by atoms with Gasteiger partial charge in [0.25, 0.3) is 5.91 Å². The van der Waals surface area contributed by atoms with E-state index in [-0.39, 0.29) is 17.6 Å². The van der Waals surface area contributed by atoms with Gasteiger partial charge in [0.2, 0.25) is 5.82 Å². The van der Waals surface area contributed by atoms with Crippen molar-refractivity contribution in [3.8, 4) is 5.69 Å². The third-order valence-electron chi connectivity index (χ3n) is 4.25. The lowest BCUT2D eigenvalue weighted by atomic mass is 9.96. The van der Waals surface area contributed by atoms with Crippen molar-refractivity contribution in [2.75, 3.05) is 13.1 Å². The van der Waals surface area contributed by atoms with Crippen LogP contribution in [0.15, 0.2) is 24.3 Å². The zero-order valence-corrected chi connectivity index (χ0v) is 13.9. The van der Waals surface area contributed by atoms with Gasteiger partial charge in [-0.1, -0.05) is 30.7 Å². The molecule has 0 spiro atoms. The molecule has 2 aromatic rings. The van der Waals surface area contributed by atoms with E-state index in [9.17, 15) is 9.90 Å². The summed E-state index contributed by atoms with van der Waals surface area (Å²) in [5.41, 5.74) is 0.686. The number of aliphatic hydroxyl groups excluding tert-OH is 1. The minimum Gasteiger partial charge on any atom is -0.391 e. The number of aryl methyl sites for hydroxylation is 1. The number of nitrogens with zero attached hydrogens (tertiary/aromatic N) is 4. The number of β-amino-alcohol motifs (C(OH)–C–C–N with tert-alkyl or cyclic N) is 1. The van der Waals surface area contributed by atoms with Gasteiger partial charge in [0.1, 0.15) is 5.82 Å². The summed E-state index contributed by atoms with van der Waals surface area (Å²) in [6.45, 7) is 4.69. The van der Waals surface area contributed by atoms with E-state index in [1.54, 1.807) is 22.6 Å². The molecule has 0 bridgehead atoms. The number of carbonyl (C=O) groups is 1. The fourth-order valence-electron chi connectivity index (χ4n) is 2.71. The van der Waals surface area contributed by atoms with E-state index in [4.69, 9.17) is 11.6 Å². The zero-order chi connectivity index (χ0) is 16.6. The molecule has 23 heavy (non-hydrogen) atoms. The number of amides is 1. The van der Waals surface area contributed by atoms with Crippen molar-refractivity contribution in [2.45, 2.75) is 26.4 Å². The van der Waals surface area contributed by atoms with Crippen LogP contribution in [-0.4, -0.2) is 49.9 Å². The Morgan fingerprint density at radius 1 is 1.39 bits per heavy atom. The number of hydrogen-bond donors (Lipinski definition) is 1. The van der Waals surface area contributed by atoms with E-state index >= 15 is 0 Å². The van der Waals surface area contributed by atoms with Gasteiger partial charge < -0.3 is 10.0 Å². The molecule has 2 heterocycles. The number of halogens is 1. The van der Waals surface area contributed by atoms with E-state index in [2.05, 4.69) is 10.1 Å². The van der Waals surface area contributed by atoms with Gasteiger partial charge in [-0.05, 0) is 31.4 Å². The van der Waals surface area contributed by atoms with Crippen LogP contribution < -0.4 is 0 Å². The first kappa shape index (κ1) is 16.0. The number of likely N-dealkylation sites (tertiary alicyclic amines) is 1. The Morgan fingerprint density at radius 3 is 2.83 bits per heavy atom. The summed E-state index contributed by atoms with van der Waals surface area (Å²) in [6, 6.07) is 7.28. The van der Waals surface area contributed by atoms with E-state index < -0.39 is 6.10 Å². The van der Waals surface area contributed by atoms with E-state index in [0.717, 1.165) is 6.42 Å². The summed E-state index contributed by atoms with van der Waals surface area (Å²) < 4.78 is 1.57. The predicted octanol–water partition coefficient (Wildman–Crippen LogP) is 2.07. The fraction of sp³-hybridized carbons (Fsp3) is 0.438. The number of piperidine rings is 1. The van der Waals surface area contributed by atoms with Gasteiger partial charge >= 0.3 is 0 Å². The van der Waals surface area contributed by atoms with Crippen molar-refractivity contribution in [1.29, 1.82) is 0 Å². The average molecular weight is 335 g/mol. The normalized spacial score (nSPS) is 21.5. The van der Waals surface area contributed by atoms with Crippen LogP contribution in [0.3, 0.4) is 0 Å². The van der Waals surface area contributed by atoms with Crippen LogP contribution in [0.5, 0.6) is 0 Å². The van der Waals surface area contributed by atoms with E-state index in [1.807, 2.05) is 25.1 Å². The SMILES string of the molecule is Cc1nc(C(=O)N2CCC(C)C(O)C2)nn1-c1ccccc1Cl. The Balaban J connectivity index is 1.86. The van der Waals surface area contributed by atoms with E-state index in [0.29, 0.717) is 29.6 Å². The predicted molar refractivity (Wildman–Crippen MR) is 86.8 cm³/mol. The molecule has 0 aliphatic carbocycles. The molecule has 0 saturated carbocycles. The third kappa shape index (κ3) is 3.09. The molecule has 2 atom stereocenters. The fourth-order valence-corrected chi connectivity index (χ4v) is 2.92. The Hall–Kier alpha value is -1.92. The van der Waals surface area contributed by atoms with Crippen LogP contribution in [0.25, 0.3) is 5.69 Å². The average Bonchev–Trinajstić information content (AvgIpc) is 2.91. The lowest BCUT2D eigenvalue weighted by Gasteiger charge is -2.33. The van der Waals surface area contributed by atoms with Gasteiger partial charge in [-0.15, -0.1) is 5.10 Å². The Kier molecular flexibility index (Phi) is 4.37. The molecule has 1 amide bonds. The van der Waals surface area contributed by atoms with E-state index in [1.165, 1.54) is 0 Å². The van der Waals surface area contributed by atoms with Crippen LogP contribution in [0.2, 0.25) is 5.02 Å². The second-order valence-electron chi connectivity index (χ2n) is 5.93. The lowest BCUT2D eigenvalue weighted by Crippen LogP contribution is -2.46. The van der Waals surface area contributed by atoms with Crippen LogP contribution in [0, 0.1) is 12.8 Å². The second-order valence-corrected chi connectivity index (χ2v) is 6.34. The maximum atomic E-state index is 12.6. The van der Waals surface area contributed by atoms with Crippen LogP contribution in [0.1, 0.15) is 29.8 Å². The first-order valence-electron chi connectivity index (χ1n) is 7.63. The second kappa shape index (κ2) is 6.29.